The number of carbonyl (C=O) groups excluding carboxylic acids is 1. The summed E-state index contributed by atoms with van der Waals surface area (Å²) in [7, 11) is 0. The van der Waals surface area contributed by atoms with Gasteiger partial charge in [0.15, 0.2) is 0 Å². The minimum atomic E-state index is -0.455. The number of anilines is 1. The molecule has 0 saturated heterocycles. The van der Waals surface area contributed by atoms with Gasteiger partial charge in [0.05, 0.1) is 5.69 Å². The van der Waals surface area contributed by atoms with Crippen LogP contribution in [-0.2, 0) is 17.6 Å². The summed E-state index contributed by atoms with van der Waals surface area (Å²) in [4.78, 5) is 13.3. The molecular weight excluding hydrogens is 270 g/mol. The maximum Gasteiger partial charge on any atom is 0.412 e. The van der Waals surface area contributed by atoms with Crippen LogP contribution in [0.4, 0.5) is 10.5 Å². The first-order valence-corrected chi connectivity index (χ1v) is 8.23. The maximum atomic E-state index is 11.9. The van der Waals surface area contributed by atoms with Gasteiger partial charge in [0.25, 0.3) is 0 Å². The van der Waals surface area contributed by atoms with E-state index in [0.717, 1.165) is 30.4 Å². The fourth-order valence-corrected chi connectivity index (χ4v) is 3.75. The van der Waals surface area contributed by atoms with Crippen LogP contribution in [0.1, 0.15) is 51.5 Å². The Morgan fingerprint density at radius 1 is 1.45 bits per heavy atom. The van der Waals surface area contributed by atoms with Gasteiger partial charge < -0.3 is 4.74 Å². The molecule has 0 spiro atoms. The predicted octanol–water partition coefficient (Wildman–Crippen LogP) is 4.86. The number of amides is 1. The molecule has 1 aromatic heterocycles. The lowest BCUT2D eigenvalue weighted by Gasteiger charge is -2.26. The highest BCUT2D eigenvalue weighted by Crippen LogP contribution is 2.38. The van der Waals surface area contributed by atoms with Gasteiger partial charge >= 0.3 is 6.09 Å². The largest absolute Gasteiger partial charge is 0.444 e. The summed E-state index contributed by atoms with van der Waals surface area (Å²) in [5.74, 6) is 1.50. The molecule has 0 aliphatic heterocycles. The smallest absolute Gasteiger partial charge is 0.412 e. The minimum Gasteiger partial charge on any atom is -0.444 e. The van der Waals surface area contributed by atoms with E-state index in [-0.39, 0.29) is 6.09 Å². The molecule has 112 valence electrons. The van der Waals surface area contributed by atoms with Crippen LogP contribution >= 0.6 is 11.3 Å². The number of carbonyl (C=O) groups is 1. The minimum absolute atomic E-state index is 0.357. The van der Waals surface area contributed by atoms with E-state index in [1.165, 1.54) is 16.9 Å². The summed E-state index contributed by atoms with van der Waals surface area (Å²) >= 11 is 1.76. The molecule has 1 heterocycles. The van der Waals surface area contributed by atoms with Crippen molar-refractivity contribution in [3.05, 3.63) is 15.8 Å². The van der Waals surface area contributed by atoms with Gasteiger partial charge in [0, 0.05) is 10.3 Å². The monoisotopic (exact) mass is 295 g/mol. The van der Waals surface area contributed by atoms with Crippen molar-refractivity contribution >= 4 is 23.1 Å². The van der Waals surface area contributed by atoms with Gasteiger partial charge in [-0.25, -0.2) is 4.79 Å². The Kier molecular flexibility index (Phi) is 4.43. The highest BCUT2D eigenvalue weighted by Gasteiger charge is 2.26. The Balaban J connectivity index is 2.04. The van der Waals surface area contributed by atoms with Gasteiger partial charge in [0.1, 0.15) is 5.60 Å². The fourth-order valence-electron chi connectivity index (χ4n) is 2.63. The second-order valence-corrected chi connectivity index (χ2v) is 7.89. The van der Waals surface area contributed by atoms with Crippen LogP contribution in [0.2, 0.25) is 0 Å². The predicted molar refractivity (Wildman–Crippen MR) is 84.5 cm³/mol. The number of hydrogen-bond acceptors (Lipinski definition) is 3. The van der Waals surface area contributed by atoms with Crippen LogP contribution in [0.25, 0.3) is 0 Å². The molecule has 1 amide bonds. The Morgan fingerprint density at radius 3 is 2.75 bits per heavy atom. The third-order valence-electron chi connectivity index (χ3n) is 3.77. The summed E-state index contributed by atoms with van der Waals surface area (Å²) in [6.07, 6.45) is 3.06. The summed E-state index contributed by atoms with van der Waals surface area (Å²) in [6.45, 7) is 10.2. The molecule has 1 atom stereocenters. The van der Waals surface area contributed by atoms with E-state index in [1.807, 2.05) is 20.8 Å². The van der Waals surface area contributed by atoms with Crippen LogP contribution < -0.4 is 5.32 Å². The SMILES string of the molecule is CC(C)C1CCc2c(NC(=O)OC(C)(C)C)csc2C1. The number of hydrogen-bond donors (Lipinski definition) is 1. The lowest BCUT2D eigenvalue weighted by Crippen LogP contribution is -2.27. The quantitative estimate of drug-likeness (QED) is 0.846. The van der Waals surface area contributed by atoms with Crippen molar-refractivity contribution in [1.29, 1.82) is 0 Å². The molecule has 20 heavy (non-hydrogen) atoms. The van der Waals surface area contributed by atoms with Crippen molar-refractivity contribution in [2.24, 2.45) is 11.8 Å². The lowest BCUT2D eigenvalue weighted by molar-refractivity contribution is 0.0636. The van der Waals surface area contributed by atoms with Crippen LogP contribution in [0.5, 0.6) is 0 Å². The molecule has 3 nitrogen and oxygen atoms in total. The highest BCUT2D eigenvalue weighted by molar-refractivity contribution is 7.10. The molecule has 1 aromatic rings. The third-order valence-corrected chi connectivity index (χ3v) is 4.82. The molecule has 1 unspecified atom stereocenters. The third kappa shape index (κ3) is 3.75. The second-order valence-electron chi connectivity index (χ2n) is 6.92. The molecule has 0 saturated carbocycles. The van der Waals surface area contributed by atoms with E-state index >= 15 is 0 Å². The Hall–Kier alpha value is -1.03. The van der Waals surface area contributed by atoms with Crippen LogP contribution in [0.3, 0.4) is 0 Å². The normalized spacial score (nSPS) is 18.8. The number of rotatable bonds is 2. The van der Waals surface area contributed by atoms with Crippen LogP contribution in [-0.4, -0.2) is 11.7 Å². The Labute approximate surface area is 125 Å². The standard InChI is InChI=1S/C16H25NO2S/c1-10(2)11-6-7-12-13(9-20-14(12)8-11)17-15(18)19-16(3,4)5/h9-11H,6-8H2,1-5H3,(H,17,18). The van der Waals surface area contributed by atoms with E-state index in [4.69, 9.17) is 4.74 Å². The Bertz CT molecular complexity index is 485. The van der Waals surface area contributed by atoms with Crippen molar-refractivity contribution in [3.8, 4) is 0 Å². The lowest BCUT2D eigenvalue weighted by atomic mass is 9.81. The Morgan fingerprint density at radius 2 is 2.15 bits per heavy atom. The summed E-state index contributed by atoms with van der Waals surface area (Å²) in [5.41, 5.74) is 1.81. The molecule has 0 radical (unpaired) electrons. The van der Waals surface area contributed by atoms with Gasteiger partial charge in [-0.2, -0.15) is 0 Å². The van der Waals surface area contributed by atoms with Crippen LogP contribution in [0.15, 0.2) is 5.38 Å². The van der Waals surface area contributed by atoms with Crippen molar-refractivity contribution in [1.82, 2.24) is 0 Å². The number of thiophene rings is 1. The zero-order valence-electron chi connectivity index (χ0n) is 13.1. The first-order chi connectivity index (χ1) is 9.26. The molecular formula is C16H25NO2S. The summed E-state index contributed by atoms with van der Waals surface area (Å²) in [6, 6.07) is 0. The van der Waals surface area contributed by atoms with Gasteiger partial charge in [-0.1, -0.05) is 13.8 Å². The van der Waals surface area contributed by atoms with Crippen LogP contribution in [0, 0.1) is 11.8 Å². The van der Waals surface area contributed by atoms with Crippen molar-refractivity contribution in [2.75, 3.05) is 5.32 Å². The topological polar surface area (TPSA) is 38.3 Å². The van der Waals surface area contributed by atoms with Gasteiger partial charge in [0.2, 0.25) is 0 Å². The molecule has 0 bridgehead atoms. The summed E-state index contributed by atoms with van der Waals surface area (Å²) < 4.78 is 5.32. The van der Waals surface area contributed by atoms with Gasteiger partial charge in [-0.05, 0) is 57.4 Å². The van der Waals surface area contributed by atoms with E-state index in [0.29, 0.717) is 0 Å². The van der Waals surface area contributed by atoms with E-state index in [9.17, 15) is 4.79 Å². The highest BCUT2D eigenvalue weighted by atomic mass is 32.1. The average molecular weight is 295 g/mol. The van der Waals surface area contributed by atoms with E-state index < -0.39 is 5.60 Å². The zero-order chi connectivity index (χ0) is 14.9. The van der Waals surface area contributed by atoms with E-state index in [2.05, 4.69) is 24.5 Å². The molecule has 0 aromatic carbocycles. The number of nitrogens with one attached hydrogen (secondary N) is 1. The number of ether oxygens (including phenoxy) is 1. The maximum absolute atomic E-state index is 11.9. The zero-order valence-corrected chi connectivity index (χ0v) is 13.9. The van der Waals surface area contributed by atoms with E-state index in [1.54, 1.807) is 11.3 Å². The van der Waals surface area contributed by atoms with Crippen molar-refractivity contribution < 1.29 is 9.53 Å². The first kappa shape index (κ1) is 15.4. The van der Waals surface area contributed by atoms with Gasteiger partial charge in [-0.3, -0.25) is 5.32 Å². The van der Waals surface area contributed by atoms with Crippen molar-refractivity contribution in [3.63, 3.8) is 0 Å². The number of fused-ring (bicyclic) bond motifs is 1. The molecule has 1 N–H and O–H groups in total. The fraction of sp³-hybridized carbons (Fsp3) is 0.688. The molecule has 1 aliphatic carbocycles. The first-order valence-electron chi connectivity index (χ1n) is 7.35. The summed E-state index contributed by atoms with van der Waals surface area (Å²) in [5, 5.41) is 4.95. The molecule has 2 rings (SSSR count). The second kappa shape index (κ2) is 5.76. The molecule has 0 fully saturated rings. The average Bonchev–Trinajstić information content (AvgIpc) is 2.69. The van der Waals surface area contributed by atoms with Crippen molar-refractivity contribution in [2.45, 2.75) is 59.5 Å². The molecule has 4 heteroatoms. The molecule has 1 aliphatic rings. The van der Waals surface area contributed by atoms with Gasteiger partial charge in [-0.15, -0.1) is 11.3 Å².